The van der Waals surface area contributed by atoms with Crippen LogP contribution in [0.5, 0.6) is 0 Å². The van der Waals surface area contributed by atoms with Gasteiger partial charge >= 0.3 is 0 Å². The highest BCUT2D eigenvalue weighted by Crippen LogP contribution is 2.34. The molecule has 0 bridgehead atoms. The summed E-state index contributed by atoms with van der Waals surface area (Å²) >= 11 is 1.33. The van der Waals surface area contributed by atoms with Crippen LogP contribution < -0.4 is 5.32 Å². The van der Waals surface area contributed by atoms with Gasteiger partial charge in [-0.05, 0) is 43.7 Å². The Bertz CT molecular complexity index is 601. The fraction of sp³-hybridized carbons (Fsp3) is 0.294. The van der Waals surface area contributed by atoms with Crippen molar-refractivity contribution < 1.29 is 8.78 Å². The summed E-state index contributed by atoms with van der Waals surface area (Å²) in [5.41, 5.74) is 1.12. The van der Waals surface area contributed by atoms with E-state index in [0.717, 1.165) is 29.5 Å². The van der Waals surface area contributed by atoms with Crippen molar-refractivity contribution in [1.82, 2.24) is 5.32 Å². The minimum atomic E-state index is -0.553. The van der Waals surface area contributed by atoms with Crippen LogP contribution in [0.1, 0.15) is 31.9 Å². The van der Waals surface area contributed by atoms with Crippen LogP contribution in [0, 0.1) is 11.6 Å². The number of hydrogen-bond acceptors (Lipinski definition) is 2. The van der Waals surface area contributed by atoms with Gasteiger partial charge in [0.15, 0.2) is 0 Å². The number of nitrogens with one attached hydrogen (secondary N) is 1. The second-order valence-corrected chi connectivity index (χ2v) is 5.97. The van der Waals surface area contributed by atoms with Gasteiger partial charge < -0.3 is 5.32 Å². The van der Waals surface area contributed by atoms with E-state index < -0.39 is 11.6 Å². The molecule has 0 spiro atoms. The molecule has 4 heteroatoms. The van der Waals surface area contributed by atoms with E-state index in [1.165, 1.54) is 23.9 Å². The van der Waals surface area contributed by atoms with Gasteiger partial charge in [0.05, 0.1) is 0 Å². The van der Waals surface area contributed by atoms with Crippen molar-refractivity contribution in [3.8, 4) is 0 Å². The largest absolute Gasteiger partial charge is 0.310 e. The van der Waals surface area contributed by atoms with E-state index in [4.69, 9.17) is 0 Å². The highest BCUT2D eigenvalue weighted by molar-refractivity contribution is 7.99. The molecule has 1 N–H and O–H groups in total. The second-order valence-electron chi connectivity index (χ2n) is 4.89. The Morgan fingerprint density at radius 1 is 1.10 bits per heavy atom. The van der Waals surface area contributed by atoms with Crippen LogP contribution in [-0.2, 0) is 0 Å². The lowest BCUT2D eigenvalue weighted by molar-refractivity contribution is 0.561. The van der Waals surface area contributed by atoms with Gasteiger partial charge in [0.25, 0.3) is 0 Å². The van der Waals surface area contributed by atoms with Gasteiger partial charge in [0.1, 0.15) is 11.6 Å². The maximum Gasteiger partial charge on any atom is 0.140 e. The molecule has 2 rings (SSSR count). The molecule has 1 unspecified atom stereocenters. The zero-order valence-electron chi connectivity index (χ0n) is 12.2. The lowest BCUT2D eigenvalue weighted by Gasteiger charge is -2.17. The number of hydrogen-bond donors (Lipinski definition) is 1. The van der Waals surface area contributed by atoms with Gasteiger partial charge in [-0.15, -0.1) is 0 Å². The summed E-state index contributed by atoms with van der Waals surface area (Å²) in [7, 11) is 0. The van der Waals surface area contributed by atoms with Crippen molar-refractivity contribution in [3.05, 3.63) is 59.7 Å². The first-order chi connectivity index (χ1) is 10.1. The topological polar surface area (TPSA) is 12.0 Å². The first kappa shape index (κ1) is 16.0. The Morgan fingerprint density at radius 3 is 2.57 bits per heavy atom. The Kier molecular flexibility index (Phi) is 5.76. The number of halogens is 2. The Hall–Kier alpha value is -1.39. The standard InChI is InChI=1S/C17H19F2NS/c1-3-10-20-12(2)14-6-4-5-7-16(14)21-17-9-8-13(18)11-15(17)19/h4-9,11-12,20H,3,10H2,1-2H3. The molecule has 1 nitrogen and oxygen atoms in total. The predicted octanol–water partition coefficient (Wildman–Crippen LogP) is 5.18. The fourth-order valence-corrected chi connectivity index (χ4v) is 3.12. The molecule has 112 valence electrons. The molecule has 0 saturated heterocycles. The third-order valence-corrected chi connectivity index (χ3v) is 4.34. The van der Waals surface area contributed by atoms with Gasteiger partial charge in [-0.1, -0.05) is 36.9 Å². The second kappa shape index (κ2) is 7.57. The monoisotopic (exact) mass is 307 g/mol. The molecule has 0 heterocycles. The summed E-state index contributed by atoms with van der Waals surface area (Å²) in [6.07, 6.45) is 1.06. The summed E-state index contributed by atoms with van der Waals surface area (Å²) < 4.78 is 26.8. The van der Waals surface area contributed by atoms with Crippen LogP contribution in [0.25, 0.3) is 0 Å². The van der Waals surface area contributed by atoms with Crippen molar-refractivity contribution in [3.63, 3.8) is 0 Å². The number of benzene rings is 2. The van der Waals surface area contributed by atoms with Gasteiger partial charge in [0.2, 0.25) is 0 Å². The fourth-order valence-electron chi connectivity index (χ4n) is 2.08. The van der Waals surface area contributed by atoms with Crippen molar-refractivity contribution in [1.29, 1.82) is 0 Å². The van der Waals surface area contributed by atoms with Crippen molar-refractivity contribution in [2.45, 2.75) is 36.1 Å². The molecule has 2 aromatic carbocycles. The van der Waals surface area contributed by atoms with E-state index in [9.17, 15) is 8.78 Å². The highest BCUT2D eigenvalue weighted by atomic mass is 32.2. The van der Waals surface area contributed by atoms with Gasteiger partial charge in [-0.25, -0.2) is 8.78 Å². The predicted molar refractivity (Wildman–Crippen MR) is 83.6 cm³/mol. The highest BCUT2D eigenvalue weighted by Gasteiger charge is 2.12. The lowest BCUT2D eigenvalue weighted by Crippen LogP contribution is -2.19. The first-order valence-corrected chi connectivity index (χ1v) is 7.88. The third kappa shape index (κ3) is 4.29. The SMILES string of the molecule is CCCNC(C)c1ccccc1Sc1ccc(F)cc1F. The van der Waals surface area contributed by atoms with E-state index in [-0.39, 0.29) is 6.04 Å². The molecule has 0 aliphatic heterocycles. The summed E-state index contributed by atoms with van der Waals surface area (Å²) in [5.74, 6) is -1.08. The Morgan fingerprint density at radius 2 is 1.86 bits per heavy atom. The molecular formula is C17H19F2NS. The average Bonchev–Trinajstić information content (AvgIpc) is 2.48. The van der Waals surface area contributed by atoms with Gasteiger partial charge in [-0.2, -0.15) is 0 Å². The average molecular weight is 307 g/mol. The van der Waals surface area contributed by atoms with Crippen LogP contribution in [0.2, 0.25) is 0 Å². The molecule has 0 aliphatic carbocycles. The zero-order valence-corrected chi connectivity index (χ0v) is 13.0. The minimum Gasteiger partial charge on any atom is -0.310 e. The van der Waals surface area contributed by atoms with Crippen LogP contribution >= 0.6 is 11.8 Å². The summed E-state index contributed by atoms with van der Waals surface area (Å²) in [6.45, 7) is 5.15. The summed E-state index contributed by atoms with van der Waals surface area (Å²) in [5, 5.41) is 3.43. The molecule has 0 amide bonds. The summed E-state index contributed by atoms with van der Waals surface area (Å²) in [4.78, 5) is 1.42. The van der Waals surface area contributed by atoms with E-state index in [0.29, 0.717) is 4.90 Å². The van der Waals surface area contributed by atoms with Crippen LogP contribution in [0.3, 0.4) is 0 Å². The van der Waals surface area contributed by atoms with E-state index in [1.807, 2.05) is 24.3 Å². The molecule has 0 radical (unpaired) electrons. The minimum absolute atomic E-state index is 0.192. The molecule has 0 fully saturated rings. The molecule has 0 saturated carbocycles. The zero-order chi connectivity index (χ0) is 15.2. The van der Waals surface area contributed by atoms with Crippen LogP contribution in [-0.4, -0.2) is 6.54 Å². The lowest BCUT2D eigenvalue weighted by atomic mass is 10.1. The van der Waals surface area contributed by atoms with Crippen LogP contribution in [0.15, 0.2) is 52.3 Å². The van der Waals surface area contributed by atoms with Gasteiger partial charge in [-0.3, -0.25) is 0 Å². The summed E-state index contributed by atoms with van der Waals surface area (Å²) in [6, 6.07) is 11.8. The Balaban J connectivity index is 2.23. The maximum atomic E-state index is 13.8. The van der Waals surface area contributed by atoms with Crippen molar-refractivity contribution in [2.24, 2.45) is 0 Å². The van der Waals surface area contributed by atoms with E-state index in [1.54, 1.807) is 0 Å². The molecular weight excluding hydrogens is 288 g/mol. The normalized spacial score (nSPS) is 12.4. The number of rotatable bonds is 6. The molecule has 21 heavy (non-hydrogen) atoms. The molecule has 2 aromatic rings. The van der Waals surface area contributed by atoms with E-state index >= 15 is 0 Å². The Labute approximate surface area is 128 Å². The van der Waals surface area contributed by atoms with Crippen LogP contribution in [0.4, 0.5) is 8.78 Å². The first-order valence-electron chi connectivity index (χ1n) is 7.07. The van der Waals surface area contributed by atoms with Crippen molar-refractivity contribution in [2.75, 3.05) is 6.54 Å². The molecule has 0 aromatic heterocycles. The smallest absolute Gasteiger partial charge is 0.140 e. The maximum absolute atomic E-state index is 13.8. The third-order valence-electron chi connectivity index (χ3n) is 3.20. The quantitative estimate of drug-likeness (QED) is 0.789. The van der Waals surface area contributed by atoms with E-state index in [2.05, 4.69) is 19.2 Å². The van der Waals surface area contributed by atoms with Gasteiger partial charge in [0, 0.05) is 21.9 Å². The van der Waals surface area contributed by atoms with Crippen molar-refractivity contribution >= 4 is 11.8 Å². The molecule has 0 aliphatic rings. The molecule has 1 atom stereocenters.